The highest BCUT2D eigenvalue weighted by molar-refractivity contribution is 9.10. The lowest BCUT2D eigenvalue weighted by atomic mass is 10.2. The fourth-order valence-electron chi connectivity index (χ4n) is 1.50. The molecule has 0 spiro atoms. The first kappa shape index (κ1) is 12.7. The predicted octanol–water partition coefficient (Wildman–Crippen LogP) is 4.92. The maximum Gasteiger partial charge on any atom is 0.101 e. The summed E-state index contributed by atoms with van der Waals surface area (Å²) >= 11 is 5.19. The number of aromatic nitrogens is 1. The van der Waals surface area contributed by atoms with E-state index in [4.69, 9.17) is 0 Å². The zero-order valence-corrected chi connectivity index (χ0v) is 12.5. The van der Waals surface area contributed by atoms with Crippen LogP contribution in [0, 0.1) is 20.8 Å². The van der Waals surface area contributed by atoms with E-state index in [9.17, 15) is 0 Å². The summed E-state index contributed by atoms with van der Waals surface area (Å²) in [5.74, 6) is 0. The first-order valence-electron chi connectivity index (χ1n) is 5.43. The summed E-state index contributed by atoms with van der Waals surface area (Å²) < 4.78 is 1.06. The molecule has 0 bridgehead atoms. The Morgan fingerprint density at radius 3 is 2.53 bits per heavy atom. The molecule has 1 heterocycles. The minimum absolute atomic E-state index is 1.04. The zero-order chi connectivity index (χ0) is 12.4. The molecule has 2 rings (SSSR count). The SMILES string of the molecule is Cc1ccc(C)c(Sc2cc(C)c(Br)cn2)c1. The van der Waals surface area contributed by atoms with Gasteiger partial charge in [0, 0.05) is 15.6 Å². The molecule has 2 aromatic rings. The van der Waals surface area contributed by atoms with Gasteiger partial charge < -0.3 is 0 Å². The van der Waals surface area contributed by atoms with E-state index in [1.807, 2.05) is 6.20 Å². The molecule has 0 fully saturated rings. The van der Waals surface area contributed by atoms with Crippen LogP contribution in [-0.2, 0) is 0 Å². The largest absolute Gasteiger partial charge is 0.248 e. The average molecular weight is 308 g/mol. The van der Waals surface area contributed by atoms with Crippen LogP contribution in [0.15, 0.2) is 44.9 Å². The first-order valence-corrected chi connectivity index (χ1v) is 7.04. The van der Waals surface area contributed by atoms with Gasteiger partial charge in [-0.25, -0.2) is 4.98 Å². The first-order chi connectivity index (χ1) is 8.06. The van der Waals surface area contributed by atoms with Crippen LogP contribution in [0.2, 0.25) is 0 Å². The Morgan fingerprint density at radius 1 is 1.06 bits per heavy atom. The number of aryl methyl sites for hydroxylation is 3. The van der Waals surface area contributed by atoms with Crippen LogP contribution in [0.25, 0.3) is 0 Å². The molecule has 0 radical (unpaired) electrons. The van der Waals surface area contributed by atoms with Gasteiger partial charge in [0.05, 0.1) is 0 Å². The Morgan fingerprint density at radius 2 is 1.82 bits per heavy atom. The van der Waals surface area contributed by atoms with E-state index in [1.54, 1.807) is 11.8 Å². The van der Waals surface area contributed by atoms with E-state index in [1.165, 1.54) is 21.6 Å². The number of hydrogen-bond acceptors (Lipinski definition) is 2. The second kappa shape index (κ2) is 5.23. The van der Waals surface area contributed by atoms with Gasteiger partial charge in [0.1, 0.15) is 5.03 Å². The van der Waals surface area contributed by atoms with Gasteiger partial charge in [-0.2, -0.15) is 0 Å². The lowest BCUT2D eigenvalue weighted by Gasteiger charge is -2.07. The number of rotatable bonds is 2. The third-order valence-electron chi connectivity index (χ3n) is 2.58. The molecule has 0 N–H and O–H groups in total. The van der Waals surface area contributed by atoms with Crippen molar-refractivity contribution >= 4 is 27.7 Å². The van der Waals surface area contributed by atoms with Gasteiger partial charge in [-0.3, -0.25) is 0 Å². The second-order valence-electron chi connectivity index (χ2n) is 4.14. The molecule has 1 aromatic carbocycles. The van der Waals surface area contributed by atoms with Crippen molar-refractivity contribution in [3.05, 3.63) is 51.6 Å². The van der Waals surface area contributed by atoms with Gasteiger partial charge in [-0.1, -0.05) is 23.9 Å². The van der Waals surface area contributed by atoms with Crippen molar-refractivity contribution < 1.29 is 0 Å². The molecule has 0 aliphatic carbocycles. The lowest BCUT2D eigenvalue weighted by molar-refractivity contribution is 1.09. The molecule has 17 heavy (non-hydrogen) atoms. The molecule has 0 aliphatic heterocycles. The Labute approximate surface area is 115 Å². The maximum atomic E-state index is 4.42. The van der Waals surface area contributed by atoms with Crippen LogP contribution in [0.1, 0.15) is 16.7 Å². The van der Waals surface area contributed by atoms with E-state index in [2.05, 4.69) is 66.0 Å². The number of pyridine rings is 1. The van der Waals surface area contributed by atoms with E-state index in [0.29, 0.717) is 0 Å². The summed E-state index contributed by atoms with van der Waals surface area (Å²) in [7, 11) is 0. The Kier molecular flexibility index (Phi) is 3.89. The fraction of sp³-hybridized carbons (Fsp3) is 0.214. The number of hydrogen-bond donors (Lipinski definition) is 0. The monoisotopic (exact) mass is 307 g/mol. The fourth-order valence-corrected chi connectivity index (χ4v) is 2.76. The van der Waals surface area contributed by atoms with E-state index in [-0.39, 0.29) is 0 Å². The Balaban J connectivity index is 2.31. The topological polar surface area (TPSA) is 12.9 Å². The van der Waals surface area contributed by atoms with Crippen LogP contribution < -0.4 is 0 Å². The molecule has 0 amide bonds. The summed E-state index contributed by atoms with van der Waals surface area (Å²) in [5.41, 5.74) is 3.79. The van der Waals surface area contributed by atoms with Crippen molar-refractivity contribution in [3.8, 4) is 0 Å². The summed E-state index contributed by atoms with van der Waals surface area (Å²) in [6, 6.07) is 8.61. The van der Waals surface area contributed by atoms with Crippen LogP contribution >= 0.6 is 27.7 Å². The van der Waals surface area contributed by atoms with Crippen molar-refractivity contribution in [2.24, 2.45) is 0 Å². The van der Waals surface area contributed by atoms with Crippen molar-refractivity contribution in [1.29, 1.82) is 0 Å². The quantitative estimate of drug-likeness (QED) is 0.781. The maximum absolute atomic E-state index is 4.42. The summed E-state index contributed by atoms with van der Waals surface area (Å²) in [5, 5.41) is 1.04. The van der Waals surface area contributed by atoms with Gasteiger partial charge in [-0.15, -0.1) is 0 Å². The standard InChI is InChI=1S/C14H14BrNS/c1-9-4-5-10(2)13(6-9)17-14-7-11(3)12(15)8-16-14/h4-8H,1-3H3. The molecule has 0 saturated heterocycles. The summed E-state index contributed by atoms with van der Waals surface area (Å²) in [6.07, 6.45) is 1.86. The number of nitrogens with zero attached hydrogens (tertiary/aromatic N) is 1. The van der Waals surface area contributed by atoms with Crippen molar-refractivity contribution in [2.45, 2.75) is 30.7 Å². The van der Waals surface area contributed by atoms with Crippen LogP contribution in [-0.4, -0.2) is 4.98 Å². The minimum Gasteiger partial charge on any atom is -0.248 e. The van der Waals surface area contributed by atoms with Crippen LogP contribution in [0.4, 0.5) is 0 Å². The highest BCUT2D eigenvalue weighted by Gasteiger charge is 2.04. The minimum atomic E-state index is 1.04. The molecule has 0 aliphatic rings. The highest BCUT2D eigenvalue weighted by Crippen LogP contribution is 2.31. The zero-order valence-electron chi connectivity index (χ0n) is 10.1. The van der Waals surface area contributed by atoms with E-state index < -0.39 is 0 Å². The van der Waals surface area contributed by atoms with Gasteiger partial charge in [0.15, 0.2) is 0 Å². The van der Waals surface area contributed by atoms with E-state index >= 15 is 0 Å². The molecule has 0 saturated carbocycles. The van der Waals surface area contributed by atoms with E-state index in [0.717, 1.165) is 9.50 Å². The summed E-state index contributed by atoms with van der Waals surface area (Å²) in [4.78, 5) is 5.70. The smallest absolute Gasteiger partial charge is 0.101 e. The van der Waals surface area contributed by atoms with Gasteiger partial charge in [0.25, 0.3) is 0 Å². The lowest BCUT2D eigenvalue weighted by Crippen LogP contribution is -1.86. The third-order valence-corrected chi connectivity index (χ3v) is 4.50. The van der Waals surface area contributed by atoms with Crippen molar-refractivity contribution in [2.75, 3.05) is 0 Å². The molecule has 1 nitrogen and oxygen atoms in total. The van der Waals surface area contributed by atoms with Gasteiger partial charge in [0.2, 0.25) is 0 Å². The second-order valence-corrected chi connectivity index (χ2v) is 6.06. The Hall–Kier alpha value is -0.800. The van der Waals surface area contributed by atoms with Gasteiger partial charge >= 0.3 is 0 Å². The van der Waals surface area contributed by atoms with Crippen molar-refractivity contribution in [1.82, 2.24) is 4.98 Å². The molecular formula is C14H14BrNS. The van der Waals surface area contributed by atoms with Crippen LogP contribution in [0.3, 0.4) is 0 Å². The predicted molar refractivity (Wildman–Crippen MR) is 76.7 cm³/mol. The molecular weight excluding hydrogens is 294 g/mol. The molecule has 3 heteroatoms. The Bertz CT molecular complexity index is 552. The molecule has 88 valence electrons. The number of benzene rings is 1. The third kappa shape index (κ3) is 3.11. The molecule has 0 atom stereocenters. The van der Waals surface area contributed by atoms with Gasteiger partial charge in [-0.05, 0) is 65.5 Å². The normalized spacial score (nSPS) is 10.6. The average Bonchev–Trinajstić information content (AvgIpc) is 2.29. The number of halogens is 1. The highest BCUT2D eigenvalue weighted by atomic mass is 79.9. The summed E-state index contributed by atoms with van der Waals surface area (Å²) in [6.45, 7) is 6.33. The molecule has 0 unspecified atom stereocenters. The van der Waals surface area contributed by atoms with Crippen LogP contribution in [0.5, 0.6) is 0 Å². The van der Waals surface area contributed by atoms with Crippen molar-refractivity contribution in [3.63, 3.8) is 0 Å². The molecule has 1 aromatic heterocycles.